The Bertz CT molecular complexity index is 522. The molecule has 5 heteroatoms. The Kier molecular flexibility index (Phi) is 4.83. The molecule has 4 aliphatic rings. The average molecular weight is 347 g/mol. The van der Waals surface area contributed by atoms with Crippen molar-refractivity contribution >= 4 is 0 Å². The summed E-state index contributed by atoms with van der Waals surface area (Å²) in [5, 5.41) is 23.4. The Morgan fingerprint density at radius 3 is 2.48 bits per heavy atom. The number of hydrogen-bond donors (Lipinski definition) is 4. The lowest BCUT2D eigenvalue weighted by Gasteiger charge is -2.47. The molecular weight excluding hydrogens is 312 g/mol. The highest BCUT2D eigenvalue weighted by atomic mass is 16.3. The molecular formula is C20H34N4O. The first-order valence-electron chi connectivity index (χ1n) is 10.3. The number of aliphatic hydroxyl groups is 1. The van der Waals surface area contributed by atoms with Crippen LogP contribution in [0.15, 0.2) is 0 Å². The van der Waals surface area contributed by atoms with Crippen molar-refractivity contribution in [3.8, 4) is 6.07 Å². The number of fused-ring (bicyclic) bond motifs is 3. The van der Waals surface area contributed by atoms with E-state index in [0.29, 0.717) is 41.8 Å². The summed E-state index contributed by atoms with van der Waals surface area (Å²) in [6.45, 7) is 5.25. The van der Waals surface area contributed by atoms with E-state index in [1.54, 1.807) is 0 Å². The summed E-state index contributed by atoms with van der Waals surface area (Å²) >= 11 is 0. The second kappa shape index (κ2) is 6.81. The van der Waals surface area contributed by atoms with Gasteiger partial charge in [-0.3, -0.25) is 10.9 Å². The van der Waals surface area contributed by atoms with Crippen molar-refractivity contribution in [3.63, 3.8) is 0 Å². The highest BCUT2D eigenvalue weighted by molar-refractivity contribution is 5.07. The van der Waals surface area contributed by atoms with Gasteiger partial charge in [0.1, 0.15) is 0 Å². The number of aliphatic hydroxyl groups excluding tert-OH is 1. The molecule has 25 heavy (non-hydrogen) atoms. The minimum Gasteiger partial charge on any atom is -0.393 e. The van der Waals surface area contributed by atoms with Gasteiger partial charge < -0.3 is 10.4 Å². The molecule has 4 N–H and O–H groups in total. The van der Waals surface area contributed by atoms with Gasteiger partial charge in [0.2, 0.25) is 0 Å². The fourth-order valence-corrected chi connectivity index (χ4v) is 6.26. The van der Waals surface area contributed by atoms with Gasteiger partial charge in [-0.25, -0.2) is 0 Å². The maximum absolute atomic E-state index is 10.2. The molecule has 140 valence electrons. The quantitative estimate of drug-likeness (QED) is 0.614. The standard InChI is InChI=1S/C20H34N4O/c1-20(2,11-21)13-5-3-12(4-6-13)19-18-15-9-14(25)7-8-16(15)22-10-17(18)23-24-19/h12-19,22-25H,3-10H2,1-2H3. The molecule has 0 aromatic heterocycles. The van der Waals surface area contributed by atoms with Crippen LogP contribution < -0.4 is 16.2 Å². The van der Waals surface area contributed by atoms with Crippen LogP contribution in [0.3, 0.4) is 0 Å². The molecule has 2 saturated heterocycles. The zero-order valence-corrected chi connectivity index (χ0v) is 15.7. The smallest absolute Gasteiger partial charge is 0.0686 e. The summed E-state index contributed by atoms with van der Waals surface area (Å²) in [5.41, 5.74) is 7.01. The van der Waals surface area contributed by atoms with Crippen LogP contribution in [0.4, 0.5) is 0 Å². The lowest BCUT2D eigenvalue weighted by Crippen LogP contribution is -2.58. The summed E-state index contributed by atoms with van der Waals surface area (Å²) < 4.78 is 0. The molecule has 2 aliphatic heterocycles. The topological polar surface area (TPSA) is 80.1 Å². The lowest BCUT2D eigenvalue weighted by atomic mass is 9.62. The molecule has 4 fully saturated rings. The molecule has 0 amide bonds. The van der Waals surface area contributed by atoms with Gasteiger partial charge in [-0.2, -0.15) is 5.26 Å². The summed E-state index contributed by atoms with van der Waals surface area (Å²) in [5.74, 6) is 2.46. The number of nitriles is 1. The predicted molar refractivity (Wildman–Crippen MR) is 97.3 cm³/mol. The summed E-state index contributed by atoms with van der Waals surface area (Å²) in [6, 6.07) is 4.12. The first-order valence-corrected chi connectivity index (χ1v) is 10.3. The molecule has 6 atom stereocenters. The Hall–Kier alpha value is -0.670. The number of nitrogens with zero attached hydrogens (tertiary/aromatic N) is 1. The van der Waals surface area contributed by atoms with Crippen molar-refractivity contribution in [2.24, 2.45) is 29.1 Å². The van der Waals surface area contributed by atoms with Gasteiger partial charge in [0.15, 0.2) is 0 Å². The van der Waals surface area contributed by atoms with Gasteiger partial charge in [-0.15, -0.1) is 0 Å². The van der Waals surface area contributed by atoms with E-state index in [9.17, 15) is 10.4 Å². The Balaban J connectivity index is 1.44. The number of nitrogens with one attached hydrogen (secondary N) is 3. The van der Waals surface area contributed by atoms with Crippen LogP contribution in [0.1, 0.15) is 58.8 Å². The molecule has 2 saturated carbocycles. The minimum atomic E-state index is -0.192. The van der Waals surface area contributed by atoms with Crippen LogP contribution in [0.5, 0.6) is 0 Å². The molecule has 0 spiro atoms. The fourth-order valence-electron chi connectivity index (χ4n) is 6.26. The van der Waals surface area contributed by atoms with Crippen molar-refractivity contribution in [1.29, 1.82) is 5.26 Å². The third kappa shape index (κ3) is 3.23. The summed E-state index contributed by atoms with van der Waals surface area (Å²) in [4.78, 5) is 0. The lowest BCUT2D eigenvalue weighted by molar-refractivity contribution is 0.0222. The van der Waals surface area contributed by atoms with Crippen molar-refractivity contribution in [3.05, 3.63) is 0 Å². The van der Waals surface area contributed by atoms with E-state index in [1.807, 2.05) is 0 Å². The zero-order chi connectivity index (χ0) is 17.6. The summed E-state index contributed by atoms with van der Waals surface area (Å²) in [6.07, 6.45) is 7.71. The normalized spacial score (nSPS) is 47.6. The minimum absolute atomic E-state index is 0.116. The highest BCUT2D eigenvalue weighted by Gasteiger charge is 2.51. The number of hydrogen-bond acceptors (Lipinski definition) is 5. The maximum atomic E-state index is 10.2. The Morgan fingerprint density at radius 1 is 1.00 bits per heavy atom. The molecule has 0 bridgehead atoms. The van der Waals surface area contributed by atoms with Gasteiger partial charge >= 0.3 is 0 Å². The van der Waals surface area contributed by atoms with Crippen LogP contribution in [0.2, 0.25) is 0 Å². The third-order valence-electron chi connectivity index (χ3n) is 7.87. The first-order chi connectivity index (χ1) is 12.0. The number of rotatable bonds is 2. The maximum Gasteiger partial charge on any atom is 0.0686 e. The highest BCUT2D eigenvalue weighted by Crippen LogP contribution is 2.46. The predicted octanol–water partition coefficient (Wildman–Crippen LogP) is 1.94. The van der Waals surface area contributed by atoms with Crippen LogP contribution in [-0.2, 0) is 0 Å². The molecule has 2 heterocycles. The second-order valence-electron chi connectivity index (χ2n) is 9.59. The zero-order valence-electron chi connectivity index (χ0n) is 15.7. The van der Waals surface area contributed by atoms with E-state index in [0.717, 1.165) is 25.8 Å². The van der Waals surface area contributed by atoms with Gasteiger partial charge in [0.05, 0.1) is 17.6 Å². The third-order valence-corrected chi connectivity index (χ3v) is 7.87. The number of hydrazine groups is 1. The molecule has 0 radical (unpaired) electrons. The van der Waals surface area contributed by atoms with Gasteiger partial charge in [-0.05, 0) is 82.5 Å². The molecule has 4 rings (SSSR count). The monoisotopic (exact) mass is 346 g/mol. The van der Waals surface area contributed by atoms with Crippen LogP contribution >= 0.6 is 0 Å². The van der Waals surface area contributed by atoms with Crippen LogP contribution in [0.25, 0.3) is 0 Å². The molecule has 0 aromatic carbocycles. The van der Waals surface area contributed by atoms with Crippen molar-refractivity contribution in [1.82, 2.24) is 16.2 Å². The average Bonchev–Trinajstić information content (AvgIpc) is 3.06. The SMILES string of the molecule is CC(C)(C#N)C1CCC(C2NNC3CNC4CCC(O)CC4C32)CC1. The van der Waals surface area contributed by atoms with Crippen molar-refractivity contribution in [2.45, 2.75) is 83.0 Å². The Morgan fingerprint density at radius 2 is 1.76 bits per heavy atom. The molecule has 0 aromatic rings. The summed E-state index contributed by atoms with van der Waals surface area (Å²) in [7, 11) is 0. The van der Waals surface area contributed by atoms with E-state index in [4.69, 9.17) is 0 Å². The molecule has 5 nitrogen and oxygen atoms in total. The molecule has 6 unspecified atom stereocenters. The largest absolute Gasteiger partial charge is 0.393 e. The van der Waals surface area contributed by atoms with E-state index < -0.39 is 0 Å². The van der Waals surface area contributed by atoms with E-state index in [2.05, 4.69) is 36.1 Å². The first kappa shape index (κ1) is 17.7. The van der Waals surface area contributed by atoms with E-state index >= 15 is 0 Å². The second-order valence-corrected chi connectivity index (χ2v) is 9.59. The number of piperidine rings is 1. The fraction of sp³-hybridized carbons (Fsp3) is 0.950. The van der Waals surface area contributed by atoms with Crippen molar-refractivity contribution < 1.29 is 5.11 Å². The van der Waals surface area contributed by atoms with Crippen molar-refractivity contribution in [2.75, 3.05) is 6.54 Å². The van der Waals surface area contributed by atoms with E-state index in [-0.39, 0.29) is 11.5 Å². The van der Waals surface area contributed by atoms with E-state index in [1.165, 1.54) is 25.7 Å². The van der Waals surface area contributed by atoms with Gasteiger partial charge in [0, 0.05) is 24.7 Å². The van der Waals surface area contributed by atoms with Gasteiger partial charge in [0.25, 0.3) is 0 Å². The van der Waals surface area contributed by atoms with Crippen LogP contribution in [-0.4, -0.2) is 35.9 Å². The molecule has 2 aliphatic carbocycles. The van der Waals surface area contributed by atoms with Crippen LogP contribution in [0, 0.1) is 40.4 Å². The Labute approximate surface area is 151 Å². The van der Waals surface area contributed by atoms with Gasteiger partial charge in [-0.1, -0.05) is 0 Å².